The van der Waals surface area contributed by atoms with E-state index in [2.05, 4.69) is 4.98 Å². The average molecular weight is 299 g/mol. The van der Waals surface area contributed by atoms with Crippen molar-refractivity contribution in [2.75, 3.05) is 12.8 Å². The van der Waals surface area contributed by atoms with E-state index in [1.54, 1.807) is 25.3 Å². The van der Waals surface area contributed by atoms with Gasteiger partial charge in [-0.1, -0.05) is 29.3 Å². The molecule has 0 atom stereocenters. The third-order valence-corrected chi connectivity index (χ3v) is 2.94. The number of nitrogen functional groups attached to an aromatic ring is 1. The first-order valence-corrected chi connectivity index (χ1v) is 6.23. The molecule has 0 radical (unpaired) electrons. The van der Waals surface area contributed by atoms with Gasteiger partial charge in [0, 0.05) is 11.8 Å². The second-order valence-electron chi connectivity index (χ2n) is 3.77. The Morgan fingerprint density at radius 3 is 2.53 bits per heavy atom. The van der Waals surface area contributed by atoms with E-state index in [0.29, 0.717) is 33.1 Å². The topological polar surface area (TPSA) is 57.4 Å². The summed E-state index contributed by atoms with van der Waals surface area (Å²) in [7, 11) is 1.56. The maximum absolute atomic E-state index is 6.03. The van der Waals surface area contributed by atoms with E-state index in [-0.39, 0.29) is 6.61 Å². The summed E-state index contributed by atoms with van der Waals surface area (Å²) in [5, 5.41) is 0.737. The second-order valence-corrected chi connectivity index (χ2v) is 4.59. The Balaban J connectivity index is 2.14. The highest BCUT2D eigenvalue weighted by molar-refractivity contribution is 6.37. The van der Waals surface area contributed by atoms with Gasteiger partial charge < -0.3 is 15.2 Å². The molecule has 2 N–H and O–H groups in total. The van der Waals surface area contributed by atoms with Crippen LogP contribution in [0.25, 0.3) is 0 Å². The van der Waals surface area contributed by atoms with E-state index in [1.807, 2.05) is 12.1 Å². The predicted molar refractivity (Wildman–Crippen MR) is 76.0 cm³/mol. The number of halogens is 2. The second kappa shape index (κ2) is 5.99. The van der Waals surface area contributed by atoms with Gasteiger partial charge in [0.15, 0.2) is 5.75 Å². The Morgan fingerprint density at radius 2 is 1.89 bits per heavy atom. The molecule has 0 unspecified atom stereocenters. The van der Waals surface area contributed by atoms with Crippen LogP contribution in [0, 0.1) is 0 Å². The van der Waals surface area contributed by atoms with Crippen molar-refractivity contribution in [3.63, 3.8) is 0 Å². The number of hydrogen-bond acceptors (Lipinski definition) is 4. The third-order valence-electron chi connectivity index (χ3n) is 2.38. The number of pyridine rings is 1. The third kappa shape index (κ3) is 3.43. The summed E-state index contributed by atoms with van der Waals surface area (Å²) in [5.41, 5.74) is 6.82. The summed E-state index contributed by atoms with van der Waals surface area (Å²) in [6.45, 7) is 0.237. The molecule has 6 heteroatoms. The Hall–Kier alpha value is -1.65. The van der Waals surface area contributed by atoms with Crippen LogP contribution in [0.1, 0.15) is 5.69 Å². The molecule has 100 valence electrons. The van der Waals surface area contributed by atoms with Crippen molar-refractivity contribution >= 4 is 28.9 Å². The molecule has 0 aliphatic rings. The van der Waals surface area contributed by atoms with Gasteiger partial charge in [-0.05, 0) is 18.2 Å². The zero-order chi connectivity index (χ0) is 13.8. The molecule has 2 rings (SSSR count). The molecule has 0 fully saturated rings. The molecule has 19 heavy (non-hydrogen) atoms. The molecule has 4 nitrogen and oxygen atoms in total. The predicted octanol–water partition coefficient (Wildman–Crippen LogP) is 3.56. The van der Waals surface area contributed by atoms with Crippen LogP contribution >= 0.6 is 23.2 Å². The van der Waals surface area contributed by atoms with Gasteiger partial charge in [0.2, 0.25) is 5.88 Å². The molecule has 0 aliphatic heterocycles. The van der Waals surface area contributed by atoms with Crippen LogP contribution in [0.2, 0.25) is 10.0 Å². The number of nitrogens with two attached hydrogens (primary N) is 1. The number of aromatic nitrogens is 1. The summed E-state index contributed by atoms with van der Waals surface area (Å²) >= 11 is 12.1. The van der Waals surface area contributed by atoms with Gasteiger partial charge in [0.1, 0.15) is 6.61 Å². The van der Waals surface area contributed by atoms with E-state index < -0.39 is 0 Å². The van der Waals surface area contributed by atoms with Crippen molar-refractivity contribution in [3.8, 4) is 11.6 Å². The first-order valence-electron chi connectivity index (χ1n) is 5.47. The lowest BCUT2D eigenvalue weighted by Crippen LogP contribution is -2.00. The van der Waals surface area contributed by atoms with Gasteiger partial charge >= 0.3 is 0 Å². The zero-order valence-electron chi connectivity index (χ0n) is 10.2. The van der Waals surface area contributed by atoms with Crippen molar-refractivity contribution in [1.82, 2.24) is 4.98 Å². The number of rotatable bonds is 4. The fourth-order valence-electron chi connectivity index (χ4n) is 1.52. The molecule has 1 heterocycles. The molecule has 0 bridgehead atoms. The summed E-state index contributed by atoms with van der Waals surface area (Å²) in [4.78, 5) is 4.23. The van der Waals surface area contributed by atoms with E-state index in [4.69, 9.17) is 38.4 Å². The van der Waals surface area contributed by atoms with Crippen molar-refractivity contribution in [2.24, 2.45) is 0 Å². The van der Waals surface area contributed by atoms with Gasteiger partial charge in [-0.3, -0.25) is 0 Å². The molecule has 0 saturated heterocycles. The number of ether oxygens (including phenoxy) is 2. The van der Waals surface area contributed by atoms with Gasteiger partial charge in [-0.15, -0.1) is 0 Å². The largest absolute Gasteiger partial charge is 0.484 e. The molecule has 0 aliphatic carbocycles. The number of anilines is 1. The average Bonchev–Trinajstić information content (AvgIpc) is 2.37. The van der Waals surface area contributed by atoms with Crippen LogP contribution in [0.3, 0.4) is 0 Å². The molecule has 1 aromatic carbocycles. The number of hydrogen-bond donors (Lipinski definition) is 1. The van der Waals surface area contributed by atoms with E-state index in [1.165, 1.54) is 0 Å². The van der Waals surface area contributed by atoms with E-state index in [0.717, 1.165) is 0 Å². The van der Waals surface area contributed by atoms with Crippen LogP contribution < -0.4 is 15.2 Å². The minimum Gasteiger partial charge on any atom is -0.484 e. The molecule has 1 aromatic heterocycles. The Kier molecular flexibility index (Phi) is 4.35. The Bertz CT molecular complexity index is 568. The quantitative estimate of drug-likeness (QED) is 0.877. The Labute approximate surface area is 121 Å². The molecule has 2 aromatic rings. The highest BCUT2D eigenvalue weighted by atomic mass is 35.5. The van der Waals surface area contributed by atoms with Crippen LogP contribution in [-0.2, 0) is 6.61 Å². The standard InChI is InChI=1S/C13H12Cl2N2O2/c1-18-12-4-2-3-9(17-12)7-19-13-10(14)5-8(16)6-11(13)15/h2-6H,7,16H2,1H3. The maximum atomic E-state index is 6.03. The van der Waals surface area contributed by atoms with Gasteiger partial charge in [-0.25, -0.2) is 4.98 Å². The number of nitrogens with zero attached hydrogens (tertiary/aromatic N) is 1. The van der Waals surface area contributed by atoms with Crippen molar-refractivity contribution < 1.29 is 9.47 Å². The van der Waals surface area contributed by atoms with Crippen LogP contribution in [0.15, 0.2) is 30.3 Å². The highest BCUT2D eigenvalue weighted by Crippen LogP contribution is 2.35. The summed E-state index contributed by atoms with van der Waals surface area (Å²) in [6, 6.07) is 8.58. The van der Waals surface area contributed by atoms with E-state index >= 15 is 0 Å². The first kappa shape index (κ1) is 13.8. The summed E-state index contributed by atoms with van der Waals surface area (Å²) < 4.78 is 10.6. The minimum atomic E-state index is 0.237. The van der Waals surface area contributed by atoms with Gasteiger partial charge in [0.25, 0.3) is 0 Å². The smallest absolute Gasteiger partial charge is 0.213 e. The fraction of sp³-hybridized carbons (Fsp3) is 0.154. The zero-order valence-corrected chi connectivity index (χ0v) is 11.7. The maximum Gasteiger partial charge on any atom is 0.213 e. The van der Waals surface area contributed by atoms with Crippen LogP contribution in [0.4, 0.5) is 5.69 Å². The highest BCUT2D eigenvalue weighted by Gasteiger charge is 2.09. The van der Waals surface area contributed by atoms with E-state index in [9.17, 15) is 0 Å². The van der Waals surface area contributed by atoms with Gasteiger partial charge in [-0.2, -0.15) is 0 Å². The molecule has 0 spiro atoms. The number of methoxy groups -OCH3 is 1. The summed E-state index contributed by atoms with van der Waals surface area (Å²) in [5.74, 6) is 0.915. The fourth-order valence-corrected chi connectivity index (χ4v) is 2.13. The normalized spacial score (nSPS) is 10.3. The molecular weight excluding hydrogens is 287 g/mol. The number of benzene rings is 1. The molecule has 0 saturated carbocycles. The molecule has 0 amide bonds. The van der Waals surface area contributed by atoms with Crippen molar-refractivity contribution in [2.45, 2.75) is 6.61 Å². The monoisotopic (exact) mass is 298 g/mol. The molecular formula is C13H12Cl2N2O2. The summed E-state index contributed by atoms with van der Waals surface area (Å²) in [6.07, 6.45) is 0. The lowest BCUT2D eigenvalue weighted by Gasteiger charge is -2.10. The van der Waals surface area contributed by atoms with Crippen LogP contribution in [-0.4, -0.2) is 12.1 Å². The first-order chi connectivity index (χ1) is 9.10. The lowest BCUT2D eigenvalue weighted by molar-refractivity contribution is 0.298. The van der Waals surface area contributed by atoms with Crippen molar-refractivity contribution in [3.05, 3.63) is 46.1 Å². The lowest BCUT2D eigenvalue weighted by atomic mass is 10.3. The minimum absolute atomic E-state index is 0.237. The Morgan fingerprint density at radius 1 is 1.21 bits per heavy atom. The van der Waals surface area contributed by atoms with Crippen LogP contribution in [0.5, 0.6) is 11.6 Å². The SMILES string of the molecule is COc1cccc(COc2c(Cl)cc(N)cc2Cl)n1. The van der Waals surface area contributed by atoms with Gasteiger partial charge in [0.05, 0.1) is 22.8 Å². The van der Waals surface area contributed by atoms with Crippen molar-refractivity contribution in [1.29, 1.82) is 0 Å².